The molecule has 1 aromatic heterocycles. The Bertz CT molecular complexity index is 975. The van der Waals surface area contributed by atoms with Gasteiger partial charge in [0.15, 0.2) is 0 Å². The van der Waals surface area contributed by atoms with Crippen molar-refractivity contribution in [2.45, 2.75) is 18.6 Å². The van der Waals surface area contributed by atoms with Crippen LogP contribution in [0.5, 0.6) is 11.5 Å². The Hall–Kier alpha value is -3.12. The van der Waals surface area contributed by atoms with E-state index in [9.17, 15) is 9.90 Å². The van der Waals surface area contributed by atoms with E-state index in [1.54, 1.807) is 7.11 Å². The van der Waals surface area contributed by atoms with Gasteiger partial charge in [-0.2, -0.15) is 0 Å². The summed E-state index contributed by atoms with van der Waals surface area (Å²) in [6.07, 6.45) is 0.220. The minimum atomic E-state index is -0.851. The van der Waals surface area contributed by atoms with Crippen molar-refractivity contribution in [2.24, 2.45) is 0 Å². The van der Waals surface area contributed by atoms with Crippen molar-refractivity contribution in [1.82, 2.24) is 10.3 Å². The zero-order valence-electron chi connectivity index (χ0n) is 14.9. The molecule has 0 aliphatic carbocycles. The lowest BCUT2D eigenvalue weighted by atomic mass is 10.1. The molecule has 3 aromatic rings. The Labute approximate surface area is 156 Å². The molecule has 1 fully saturated rings. The number of aliphatic carboxylic acids is 1. The maximum Gasteiger partial charge on any atom is 0.320 e. The second-order valence-corrected chi connectivity index (χ2v) is 6.53. The van der Waals surface area contributed by atoms with E-state index in [2.05, 4.69) is 5.32 Å². The van der Waals surface area contributed by atoms with Gasteiger partial charge in [-0.1, -0.05) is 30.3 Å². The SMILES string of the molecule is COc1ccc2c(OC3CNC(C(=O)O)C3)cc(-c3ccccc3)nc2c1. The van der Waals surface area contributed by atoms with Crippen molar-refractivity contribution in [3.8, 4) is 22.8 Å². The summed E-state index contributed by atoms with van der Waals surface area (Å²) in [7, 11) is 1.62. The zero-order chi connectivity index (χ0) is 18.8. The number of carboxylic acids is 1. The third-order valence-corrected chi connectivity index (χ3v) is 4.73. The third-order valence-electron chi connectivity index (χ3n) is 4.73. The maximum absolute atomic E-state index is 11.2. The lowest BCUT2D eigenvalue weighted by Crippen LogP contribution is -2.30. The van der Waals surface area contributed by atoms with Crippen LogP contribution in [-0.4, -0.2) is 41.9 Å². The molecule has 6 nitrogen and oxygen atoms in total. The van der Waals surface area contributed by atoms with E-state index < -0.39 is 12.0 Å². The summed E-state index contributed by atoms with van der Waals surface area (Å²) in [5, 5.41) is 13.0. The molecule has 6 heteroatoms. The number of ether oxygens (including phenoxy) is 2. The van der Waals surface area contributed by atoms with E-state index in [1.807, 2.05) is 54.6 Å². The van der Waals surface area contributed by atoms with Gasteiger partial charge in [0, 0.05) is 36.0 Å². The Morgan fingerprint density at radius 1 is 1.19 bits per heavy atom. The van der Waals surface area contributed by atoms with Gasteiger partial charge in [-0.15, -0.1) is 0 Å². The molecule has 1 saturated heterocycles. The van der Waals surface area contributed by atoms with Crippen molar-refractivity contribution < 1.29 is 19.4 Å². The maximum atomic E-state index is 11.2. The molecule has 27 heavy (non-hydrogen) atoms. The first kappa shape index (κ1) is 17.3. The monoisotopic (exact) mass is 364 g/mol. The first-order valence-corrected chi connectivity index (χ1v) is 8.81. The molecule has 0 bridgehead atoms. The number of fused-ring (bicyclic) bond motifs is 1. The summed E-state index contributed by atoms with van der Waals surface area (Å²) in [6.45, 7) is 0.498. The van der Waals surface area contributed by atoms with Crippen LogP contribution in [0.1, 0.15) is 6.42 Å². The van der Waals surface area contributed by atoms with Crippen molar-refractivity contribution in [1.29, 1.82) is 0 Å². The van der Waals surface area contributed by atoms with Gasteiger partial charge < -0.3 is 19.9 Å². The quantitative estimate of drug-likeness (QED) is 0.724. The Balaban J connectivity index is 1.74. The highest BCUT2D eigenvalue weighted by molar-refractivity contribution is 5.89. The highest BCUT2D eigenvalue weighted by Gasteiger charge is 2.30. The molecule has 4 rings (SSSR count). The second-order valence-electron chi connectivity index (χ2n) is 6.53. The lowest BCUT2D eigenvalue weighted by molar-refractivity contribution is -0.139. The van der Waals surface area contributed by atoms with Crippen molar-refractivity contribution >= 4 is 16.9 Å². The van der Waals surface area contributed by atoms with E-state index in [1.165, 1.54) is 0 Å². The fourth-order valence-electron chi connectivity index (χ4n) is 3.32. The number of methoxy groups -OCH3 is 1. The average molecular weight is 364 g/mol. The smallest absolute Gasteiger partial charge is 0.320 e. The Morgan fingerprint density at radius 3 is 2.70 bits per heavy atom. The highest BCUT2D eigenvalue weighted by atomic mass is 16.5. The molecular weight excluding hydrogens is 344 g/mol. The van der Waals surface area contributed by atoms with Gasteiger partial charge in [0.1, 0.15) is 23.6 Å². The fourth-order valence-corrected chi connectivity index (χ4v) is 3.32. The van der Waals surface area contributed by atoms with E-state index in [4.69, 9.17) is 14.5 Å². The topological polar surface area (TPSA) is 80.7 Å². The zero-order valence-corrected chi connectivity index (χ0v) is 14.9. The van der Waals surface area contributed by atoms with Crippen molar-refractivity contribution in [2.75, 3.05) is 13.7 Å². The van der Waals surface area contributed by atoms with Crippen LogP contribution in [0, 0.1) is 0 Å². The molecule has 2 atom stereocenters. The van der Waals surface area contributed by atoms with Gasteiger partial charge in [-0.3, -0.25) is 4.79 Å². The minimum absolute atomic E-state index is 0.206. The highest BCUT2D eigenvalue weighted by Crippen LogP contribution is 2.33. The summed E-state index contributed by atoms with van der Waals surface area (Å²) in [6, 6.07) is 16.9. The fraction of sp³-hybridized carbons (Fsp3) is 0.238. The van der Waals surface area contributed by atoms with Crippen LogP contribution >= 0.6 is 0 Å². The van der Waals surface area contributed by atoms with Crippen LogP contribution in [0.25, 0.3) is 22.2 Å². The van der Waals surface area contributed by atoms with Crippen molar-refractivity contribution in [3.63, 3.8) is 0 Å². The summed E-state index contributed by atoms with van der Waals surface area (Å²) in [4.78, 5) is 15.9. The number of carbonyl (C=O) groups is 1. The molecule has 0 saturated carbocycles. The van der Waals surface area contributed by atoms with Crippen LogP contribution in [0.15, 0.2) is 54.6 Å². The molecular formula is C21H20N2O4. The molecule has 0 amide bonds. The Morgan fingerprint density at radius 2 is 2.00 bits per heavy atom. The summed E-state index contributed by atoms with van der Waals surface area (Å²) >= 11 is 0. The van der Waals surface area contributed by atoms with Crippen LogP contribution < -0.4 is 14.8 Å². The minimum Gasteiger partial charge on any atom is -0.497 e. The van der Waals surface area contributed by atoms with Crippen LogP contribution in [-0.2, 0) is 4.79 Å². The van der Waals surface area contributed by atoms with Gasteiger partial charge in [0.25, 0.3) is 0 Å². The predicted molar refractivity (Wildman–Crippen MR) is 102 cm³/mol. The lowest BCUT2D eigenvalue weighted by Gasteiger charge is -2.16. The van der Waals surface area contributed by atoms with Gasteiger partial charge in [0.2, 0.25) is 0 Å². The summed E-state index contributed by atoms with van der Waals surface area (Å²) in [5.74, 6) is 0.564. The molecule has 1 aliphatic heterocycles. The molecule has 138 valence electrons. The van der Waals surface area contributed by atoms with Crippen LogP contribution in [0.3, 0.4) is 0 Å². The normalized spacial score (nSPS) is 19.1. The van der Waals surface area contributed by atoms with Gasteiger partial charge >= 0.3 is 5.97 Å². The standard InChI is InChI=1S/C21H20N2O4/c1-26-14-7-8-16-18(9-14)23-17(13-5-3-2-4-6-13)11-20(16)27-15-10-19(21(24)25)22-12-15/h2-9,11,15,19,22H,10,12H2,1H3,(H,24,25). The average Bonchev–Trinajstić information content (AvgIpc) is 3.17. The van der Waals surface area contributed by atoms with Gasteiger partial charge in [-0.05, 0) is 12.1 Å². The Kier molecular flexibility index (Phi) is 4.64. The third kappa shape index (κ3) is 3.57. The molecule has 0 radical (unpaired) electrons. The van der Waals surface area contributed by atoms with Crippen molar-refractivity contribution in [3.05, 3.63) is 54.6 Å². The first-order valence-electron chi connectivity index (χ1n) is 8.81. The van der Waals surface area contributed by atoms with Gasteiger partial charge in [0.05, 0.1) is 18.3 Å². The molecule has 0 spiro atoms. The second kappa shape index (κ2) is 7.25. The predicted octanol–water partition coefficient (Wildman–Crippen LogP) is 3.10. The first-order chi connectivity index (χ1) is 13.1. The number of benzene rings is 2. The van der Waals surface area contributed by atoms with Crippen LogP contribution in [0.4, 0.5) is 0 Å². The number of nitrogens with zero attached hydrogens (tertiary/aromatic N) is 1. The molecule has 2 aromatic carbocycles. The number of hydrogen-bond acceptors (Lipinski definition) is 5. The summed E-state index contributed by atoms with van der Waals surface area (Å²) in [5.41, 5.74) is 2.55. The van der Waals surface area contributed by atoms with Crippen LogP contribution in [0.2, 0.25) is 0 Å². The summed E-state index contributed by atoms with van der Waals surface area (Å²) < 4.78 is 11.5. The molecule has 2 unspecified atom stereocenters. The number of carboxylic acid groups (broad SMARTS) is 1. The largest absolute Gasteiger partial charge is 0.497 e. The van der Waals surface area contributed by atoms with E-state index in [-0.39, 0.29) is 6.10 Å². The molecule has 2 N–H and O–H groups in total. The van der Waals surface area contributed by atoms with E-state index in [0.29, 0.717) is 18.7 Å². The number of hydrogen-bond donors (Lipinski definition) is 2. The number of pyridine rings is 1. The molecule has 1 aliphatic rings. The van der Waals surface area contributed by atoms with Gasteiger partial charge in [-0.25, -0.2) is 4.98 Å². The molecule has 2 heterocycles. The van der Waals surface area contributed by atoms with E-state index >= 15 is 0 Å². The number of rotatable bonds is 5. The number of aromatic nitrogens is 1. The van der Waals surface area contributed by atoms with E-state index in [0.717, 1.165) is 27.9 Å². The number of nitrogens with one attached hydrogen (secondary N) is 1.